The maximum atomic E-state index is 2.46. The molecule has 4 aromatic rings. The van der Waals surface area contributed by atoms with Crippen molar-refractivity contribution in [2.75, 3.05) is 4.90 Å². The first-order valence-corrected chi connectivity index (χ1v) is 10.3. The highest BCUT2D eigenvalue weighted by Gasteiger charge is 2.29. The number of fused-ring (bicyclic) bond motifs is 2. The summed E-state index contributed by atoms with van der Waals surface area (Å²) in [6.07, 6.45) is 0.959. The van der Waals surface area contributed by atoms with Crippen molar-refractivity contribution in [3.63, 3.8) is 0 Å². The Balaban J connectivity index is 0.00000218. The lowest BCUT2D eigenvalue weighted by atomic mass is 9.82. The second-order valence-corrected chi connectivity index (χ2v) is 7.92. The molecule has 0 atom stereocenters. The second-order valence-electron chi connectivity index (χ2n) is 7.92. The number of para-hydroxylation sites is 2. The van der Waals surface area contributed by atoms with Gasteiger partial charge in [-0.25, -0.2) is 0 Å². The van der Waals surface area contributed by atoms with Crippen LogP contribution in [0.4, 0.5) is 17.1 Å². The molecule has 2 heteroatoms. The monoisotopic (exact) mass is 411 g/mol. The average Bonchev–Trinajstić information content (AvgIpc) is 2.78. The van der Waals surface area contributed by atoms with Gasteiger partial charge in [0.05, 0.1) is 5.69 Å². The second kappa shape index (κ2) is 8.01. The van der Waals surface area contributed by atoms with Crippen LogP contribution in [0.2, 0.25) is 0 Å². The van der Waals surface area contributed by atoms with Crippen molar-refractivity contribution in [3.05, 3.63) is 113 Å². The van der Waals surface area contributed by atoms with Crippen molar-refractivity contribution >= 4 is 29.5 Å². The molecule has 0 fully saturated rings. The molecule has 0 saturated carbocycles. The molecule has 0 unspecified atom stereocenters. The fourth-order valence-electron chi connectivity index (χ4n) is 4.72. The van der Waals surface area contributed by atoms with E-state index in [2.05, 4.69) is 111 Å². The van der Waals surface area contributed by atoms with E-state index in [-0.39, 0.29) is 12.4 Å². The van der Waals surface area contributed by atoms with Gasteiger partial charge in [-0.15, -0.1) is 12.4 Å². The number of hydrogen-bond acceptors (Lipinski definition) is 1. The van der Waals surface area contributed by atoms with E-state index < -0.39 is 0 Å². The van der Waals surface area contributed by atoms with Crippen molar-refractivity contribution in [1.29, 1.82) is 0 Å². The lowest BCUT2D eigenvalue weighted by Gasteiger charge is -2.37. The Morgan fingerprint density at radius 2 is 1.23 bits per heavy atom. The number of nitrogens with zero attached hydrogens (tertiary/aromatic N) is 1. The summed E-state index contributed by atoms with van der Waals surface area (Å²) in [5, 5.41) is 0. The van der Waals surface area contributed by atoms with Gasteiger partial charge in [-0.2, -0.15) is 0 Å². The third-order valence-corrected chi connectivity index (χ3v) is 6.34. The van der Waals surface area contributed by atoms with Crippen LogP contribution in [0.3, 0.4) is 0 Å². The van der Waals surface area contributed by atoms with Crippen LogP contribution in [0.15, 0.2) is 84.9 Å². The van der Waals surface area contributed by atoms with E-state index in [1.54, 1.807) is 0 Å². The summed E-state index contributed by atoms with van der Waals surface area (Å²) in [6.45, 7) is 6.82. The Morgan fingerprint density at radius 1 is 0.633 bits per heavy atom. The molecule has 0 spiro atoms. The normalized spacial score (nSPS) is 12.0. The fraction of sp³-hybridized carbons (Fsp3) is 0.143. The molecule has 0 radical (unpaired) electrons. The standard InChI is InChI=1S/C28H25N.ClH/c1-19-20(2)27(22-12-6-4-7-13-22)25-18-23-14-10-11-17-26(23)29(28(25)21(19)3)24-15-8-5-9-16-24;/h4-17H,18H2,1-3H3;1H. The summed E-state index contributed by atoms with van der Waals surface area (Å²) in [5.74, 6) is 0. The maximum Gasteiger partial charge on any atom is 0.0535 e. The van der Waals surface area contributed by atoms with Crippen LogP contribution in [0.5, 0.6) is 0 Å². The van der Waals surface area contributed by atoms with Gasteiger partial charge in [0.25, 0.3) is 0 Å². The van der Waals surface area contributed by atoms with Crippen LogP contribution in [-0.4, -0.2) is 0 Å². The summed E-state index contributed by atoms with van der Waals surface area (Å²) in [4.78, 5) is 2.46. The van der Waals surface area contributed by atoms with Crippen LogP contribution >= 0.6 is 12.4 Å². The van der Waals surface area contributed by atoms with Gasteiger partial charge in [-0.05, 0) is 77.9 Å². The molecule has 1 nitrogen and oxygen atoms in total. The number of benzene rings is 4. The molecule has 1 aliphatic heterocycles. The Hall–Kier alpha value is -3.03. The van der Waals surface area contributed by atoms with Gasteiger partial charge < -0.3 is 4.90 Å². The van der Waals surface area contributed by atoms with E-state index in [4.69, 9.17) is 0 Å². The van der Waals surface area contributed by atoms with Gasteiger partial charge in [0.1, 0.15) is 0 Å². The molecule has 4 aromatic carbocycles. The van der Waals surface area contributed by atoms with Gasteiger partial charge in [0.2, 0.25) is 0 Å². The average molecular weight is 412 g/mol. The number of anilines is 3. The molecule has 0 saturated heterocycles. The molecule has 0 aliphatic carbocycles. The zero-order valence-electron chi connectivity index (χ0n) is 17.6. The van der Waals surface area contributed by atoms with Gasteiger partial charge in [-0.3, -0.25) is 0 Å². The Morgan fingerprint density at radius 3 is 1.93 bits per heavy atom. The zero-order chi connectivity index (χ0) is 20.0. The minimum atomic E-state index is 0. The van der Waals surface area contributed by atoms with Gasteiger partial charge in [0, 0.05) is 17.8 Å². The third kappa shape index (κ3) is 3.11. The van der Waals surface area contributed by atoms with Crippen LogP contribution in [0.1, 0.15) is 27.8 Å². The van der Waals surface area contributed by atoms with E-state index in [1.165, 1.54) is 56.0 Å². The third-order valence-electron chi connectivity index (χ3n) is 6.34. The Bertz CT molecular complexity index is 1200. The number of hydrogen-bond donors (Lipinski definition) is 0. The summed E-state index contributed by atoms with van der Waals surface area (Å²) in [6, 6.07) is 30.4. The summed E-state index contributed by atoms with van der Waals surface area (Å²) < 4.78 is 0. The van der Waals surface area contributed by atoms with E-state index in [0.717, 1.165) is 6.42 Å². The molecular formula is C28H26ClN. The van der Waals surface area contributed by atoms with E-state index in [9.17, 15) is 0 Å². The quantitative estimate of drug-likeness (QED) is 0.284. The van der Waals surface area contributed by atoms with E-state index >= 15 is 0 Å². The molecule has 0 bridgehead atoms. The minimum absolute atomic E-state index is 0. The van der Waals surface area contributed by atoms with Gasteiger partial charge >= 0.3 is 0 Å². The first-order valence-electron chi connectivity index (χ1n) is 10.3. The van der Waals surface area contributed by atoms with Crippen LogP contribution in [-0.2, 0) is 6.42 Å². The van der Waals surface area contributed by atoms with Crippen molar-refractivity contribution in [2.45, 2.75) is 27.2 Å². The van der Waals surface area contributed by atoms with Crippen molar-refractivity contribution in [2.24, 2.45) is 0 Å². The summed E-state index contributed by atoms with van der Waals surface area (Å²) >= 11 is 0. The van der Waals surface area contributed by atoms with Gasteiger partial charge in [-0.1, -0.05) is 66.7 Å². The molecule has 5 rings (SSSR count). The lowest BCUT2D eigenvalue weighted by Crippen LogP contribution is -2.21. The van der Waals surface area contributed by atoms with Crippen molar-refractivity contribution in [1.82, 2.24) is 0 Å². The molecule has 150 valence electrons. The predicted molar refractivity (Wildman–Crippen MR) is 131 cm³/mol. The van der Waals surface area contributed by atoms with Gasteiger partial charge in [0.15, 0.2) is 0 Å². The highest BCUT2D eigenvalue weighted by Crippen LogP contribution is 2.50. The fourth-order valence-corrected chi connectivity index (χ4v) is 4.72. The zero-order valence-corrected chi connectivity index (χ0v) is 18.5. The highest BCUT2D eigenvalue weighted by molar-refractivity contribution is 5.91. The number of rotatable bonds is 2. The first-order chi connectivity index (χ1) is 14.2. The lowest BCUT2D eigenvalue weighted by molar-refractivity contribution is 1.06. The van der Waals surface area contributed by atoms with Crippen LogP contribution < -0.4 is 4.90 Å². The highest BCUT2D eigenvalue weighted by atomic mass is 35.5. The minimum Gasteiger partial charge on any atom is -0.310 e. The molecule has 1 aliphatic rings. The van der Waals surface area contributed by atoms with E-state index in [1.807, 2.05) is 0 Å². The van der Waals surface area contributed by atoms with Crippen molar-refractivity contribution < 1.29 is 0 Å². The molecule has 30 heavy (non-hydrogen) atoms. The Kier molecular flexibility index (Phi) is 5.40. The largest absolute Gasteiger partial charge is 0.310 e. The van der Waals surface area contributed by atoms with Crippen molar-refractivity contribution in [3.8, 4) is 11.1 Å². The SMILES string of the molecule is Cc1c(C)c(-c2ccccc2)c2c(c1C)N(c1ccccc1)c1ccccc1C2.Cl. The maximum absolute atomic E-state index is 2.46. The Labute approximate surface area is 185 Å². The molecular weight excluding hydrogens is 386 g/mol. The van der Waals surface area contributed by atoms with Crippen LogP contribution in [0.25, 0.3) is 11.1 Å². The molecule has 1 heterocycles. The predicted octanol–water partition coefficient (Wildman–Crippen LogP) is 8.07. The first kappa shape index (κ1) is 20.3. The van der Waals surface area contributed by atoms with Crippen LogP contribution in [0, 0.1) is 20.8 Å². The molecule has 0 N–H and O–H groups in total. The smallest absolute Gasteiger partial charge is 0.0535 e. The van der Waals surface area contributed by atoms with E-state index in [0.29, 0.717) is 0 Å². The molecule has 0 amide bonds. The molecule has 0 aromatic heterocycles. The topological polar surface area (TPSA) is 3.24 Å². The summed E-state index contributed by atoms with van der Waals surface area (Å²) in [5.41, 5.74) is 13.5. The number of halogens is 1. The summed E-state index contributed by atoms with van der Waals surface area (Å²) in [7, 11) is 0.